The van der Waals surface area contributed by atoms with Crippen LogP contribution in [0.2, 0.25) is 0 Å². The Morgan fingerprint density at radius 1 is 1.32 bits per heavy atom. The van der Waals surface area contributed by atoms with Gasteiger partial charge in [0.05, 0.1) is 10.9 Å². The molecule has 1 saturated carbocycles. The number of nitrogens with zero attached hydrogens (tertiary/aromatic N) is 2. The number of hydrogen-bond donors (Lipinski definition) is 1. The predicted octanol–water partition coefficient (Wildman–Crippen LogP) is 1.49. The molecule has 0 spiro atoms. The zero-order valence-electron chi connectivity index (χ0n) is 12.8. The third-order valence-electron chi connectivity index (χ3n) is 4.38. The number of rotatable bonds is 6. The fourth-order valence-electron chi connectivity index (χ4n) is 2.82. The van der Waals surface area contributed by atoms with Gasteiger partial charge in [0.15, 0.2) is 0 Å². The first kappa shape index (κ1) is 16.4. The normalized spacial score (nSPS) is 19.1. The molecule has 1 atom stereocenters. The van der Waals surface area contributed by atoms with Crippen LogP contribution in [-0.2, 0) is 4.79 Å². The average Bonchev–Trinajstić information content (AvgIpc) is 2.21. The summed E-state index contributed by atoms with van der Waals surface area (Å²) in [6, 6.07) is 0. The van der Waals surface area contributed by atoms with Crippen molar-refractivity contribution in [3.8, 4) is 0 Å². The predicted molar refractivity (Wildman–Crippen MR) is 83.0 cm³/mol. The summed E-state index contributed by atoms with van der Waals surface area (Å²) in [5, 5.41) is 0. The van der Waals surface area contributed by atoms with Crippen molar-refractivity contribution >= 4 is 23.1 Å². The quantitative estimate of drug-likeness (QED) is 0.751. The summed E-state index contributed by atoms with van der Waals surface area (Å²) in [5.41, 5.74) is 5.86. The van der Waals surface area contributed by atoms with Gasteiger partial charge in [-0.2, -0.15) is 0 Å². The minimum absolute atomic E-state index is 0.0515. The first-order valence-corrected chi connectivity index (χ1v) is 7.34. The second-order valence-corrected chi connectivity index (χ2v) is 6.76. The number of likely N-dealkylation sites (N-methyl/N-ethyl adjacent to an activating group) is 2. The van der Waals surface area contributed by atoms with Crippen LogP contribution in [0.4, 0.5) is 0 Å². The van der Waals surface area contributed by atoms with Crippen LogP contribution in [0.1, 0.15) is 33.1 Å². The SMILES string of the molecule is CC(C)C(C(=O)N(C)CC1(N(C)C)CCC1)C(N)=S. The van der Waals surface area contributed by atoms with Crippen molar-refractivity contribution in [2.24, 2.45) is 17.6 Å². The van der Waals surface area contributed by atoms with Crippen LogP contribution in [0.25, 0.3) is 0 Å². The van der Waals surface area contributed by atoms with Gasteiger partial charge >= 0.3 is 0 Å². The third-order valence-corrected chi connectivity index (χ3v) is 4.63. The minimum atomic E-state index is -0.348. The summed E-state index contributed by atoms with van der Waals surface area (Å²) < 4.78 is 0. The first-order valence-electron chi connectivity index (χ1n) is 6.93. The molecule has 1 rings (SSSR count). The Morgan fingerprint density at radius 3 is 2.11 bits per heavy atom. The summed E-state index contributed by atoms with van der Waals surface area (Å²) in [5.74, 6) is -0.154. The van der Waals surface area contributed by atoms with Gasteiger partial charge in [-0.15, -0.1) is 0 Å². The van der Waals surface area contributed by atoms with Crippen LogP contribution in [0, 0.1) is 11.8 Å². The maximum absolute atomic E-state index is 12.5. The average molecular weight is 285 g/mol. The molecule has 0 aromatic carbocycles. The van der Waals surface area contributed by atoms with E-state index in [1.54, 1.807) is 0 Å². The lowest BCUT2D eigenvalue weighted by molar-refractivity contribution is -0.135. The molecule has 0 aliphatic heterocycles. The van der Waals surface area contributed by atoms with E-state index in [9.17, 15) is 4.79 Å². The molecule has 19 heavy (non-hydrogen) atoms. The van der Waals surface area contributed by atoms with Gasteiger partial charge < -0.3 is 15.5 Å². The van der Waals surface area contributed by atoms with Crippen LogP contribution in [-0.4, -0.2) is 53.9 Å². The van der Waals surface area contributed by atoms with Crippen molar-refractivity contribution < 1.29 is 4.79 Å². The van der Waals surface area contributed by atoms with E-state index in [0.717, 1.165) is 19.4 Å². The maximum atomic E-state index is 12.5. The van der Waals surface area contributed by atoms with Gasteiger partial charge in [-0.1, -0.05) is 26.1 Å². The molecule has 0 radical (unpaired) electrons. The lowest BCUT2D eigenvalue weighted by atomic mass is 9.75. The van der Waals surface area contributed by atoms with E-state index in [2.05, 4.69) is 19.0 Å². The fraction of sp³-hybridized carbons (Fsp3) is 0.857. The van der Waals surface area contributed by atoms with Crippen LogP contribution in [0.5, 0.6) is 0 Å². The van der Waals surface area contributed by atoms with Crippen molar-refractivity contribution in [1.29, 1.82) is 0 Å². The van der Waals surface area contributed by atoms with E-state index in [-0.39, 0.29) is 23.3 Å². The highest BCUT2D eigenvalue weighted by molar-refractivity contribution is 7.80. The molecule has 2 N–H and O–H groups in total. The fourth-order valence-corrected chi connectivity index (χ4v) is 3.20. The minimum Gasteiger partial charge on any atom is -0.393 e. The van der Waals surface area contributed by atoms with Gasteiger partial charge in [0.2, 0.25) is 5.91 Å². The summed E-state index contributed by atoms with van der Waals surface area (Å²) in [4.78, 5) is 16.9. The zero-order chi connectivity index (χ0) is 14.8. The number of hydrogen-bond acceptors (Lipinski definition) is 3. The van der Waals surface area contributed by atoms with Crippen LogP contribution >= 0.6 is 12.2 Å². The highest BCUT2D eigenvalue weighted by Crippen LogP contribution is 2.37. The van der Waals surface area contributed by atoms with Crippen LogP contribution in [0.15, 0.2) is 0 Å². The lowest BCUT2D eigenvalue weighted by Crippen LogP contribution is -2.58. The lowest BCUT2D eigenvalue weighted by Gasteiger charge is -2.49. The molecule has 0 heterocycles. The summed E-state index contributed by atoms with van der Waals surface area (Å²) in [6.07, 6.45) is 3.54. The van der Waals surface area contributed by atoms with E-state index < -0.39 is 0 Å². The summed E-state index contributed by atoms with van der Waals surface area (Å²) in [7, 11) is 6.04. The maximum Gasteiger partial charge on any atom is 0.232 e. The highest BCUT2D eigenvalue weighted by atomic mass is 32.1. The van der Waals surface area contributed by atoms with E-state index in [4.69, 9.17) is 18.0 Å². The Morgan fingerprint density at radius 2 is 1.84 bits per heavy atom. The van der Waals surface area contributed by atoms with Crippen molar-refractivity contribution in [3.05, 3.63) is 0 Å². The van der Waals surface area contributed by atoms with Crippen molar-refractivity contribution in [2.75, 3.05) is 27.7 Å². The monoisotopic (exact) mass is 285 g/mol. The molecule has 1 fully saturated rings. The Labute approximate surface area is 122 Å². The van der Waals surface area contributed by atoms with E-state index in [0.29, 0.717) is 4.99 Å². The molecular weight excluding hydrogens is 258 g/mol. The van der Waals surface area contributed by atoms with Crippen LogP contribution in [0.3, 0.4) is 0 Å². The van der Waals surface area contributed by atoms with Gasteiger partial charge in [-0.3, -0.25) is 4.79 Å². The molecule has 1 aliphatic rings. The number of thiocarbonyl (C=S) groups is 1. The molecule has 0 bridgehead atoms. The zero-order valence-corrected chi connectivity index (χ0v) is 13.6. The molecular formula is C14H27N3OS. The second kappa shape index (κ2) is 6.18. The Hall–Kier alpha value is -0.680. The Kier molecular flexibility index (Phi) is 5.33. The van der Waals surface area contributed by atoms with Gasteiger partial charge in [0.25, 0.3) is 0 Å². The number of nitrogens with two attached hydrogens (primary N) is 1. The largest absolute Gasteiger partial charge is 0.393 e. The number of carbonyl (C=O) groups excluding carboxylic acids is 1. The topological polar surface area (TPSA) is 49.6 Å². The smallest absolute Gasteiger partial charge is 0.232 e. The van der Waals surface area contributed by atoms with Gasteiger partial charge in [-0.05, 0) is 39.3 Å². The molecule has 0 aromatic heterocycles. The Balaban J connectivity index is 2.74. The molecule has 4 nitrogen and oxygen atoms in total. The molecule has 5 heteroatoms. The van der Waals surface area contributed by atoms with Crippen molar-refractivity contribution in [1.82, 2.24) is 9.80 Å². The first-order chi connectivity index (χ1) is 8.71. The van der Waals surface area contributed by atoms with E-state index in [1.807, 2.05) is 25.8 Å². The second-order valence-electron chi connectivity index (χ2n) is 6.29. The number of amides is 1. The highest BCUT2D eigenvalue weighted by Gasteiger charge is 2.41. The van der Waals surface area contributed by atoms with Gasteiger partial charge in [0.1, 0.15) is 0 Å². The van der Waals surface area contributed by atoms with Crippen LogP contribution < -0.4 is 5.73 Å². The molecule has 1 amide bonds. The van der Waals surface area contributed by atoms with E-state index >= 15 is 0 Å². The van der Waals surface area contributed by atoms with E-state index in [1.165, 1.54) is 6.42 Å². The van der Waals surface area contributed by atoms with Crippen molar-refractivity contribution in [3.63, 3.8) is 0 Å². The standard InChI is InChI=1S/C14H27N3OS/c1-10(2)11(12(15)19)13(18)17(5)9-14(16(3)4)7-6-8-14/h10-11H,6-9H2,1-5H3,(H2,15,19). The molecule has 1 aliphatic carbocycles. The van der Waals surface area contributed by atoms with Gasteiger partial charge in [0, 0.05) is 19.1 Å². The Bertz CT molecular complexity index is 351. The molecule has 110 valence electrons. The van der Waals surface area contributed by atoms with Gasteiger partial charge in [-0.25, -0.2) is 0 Å². The summed E-state index contributed by atoms with van der Waals surface area (Å²) >= 11 is 5.04. The third kappa shape index (κ3) is 3.45. The molecule has 1 unspecified atom stereocenters. The van der Waals surface area contributed by atoms with Crippen molar-refractivity contribution in [2.45, 2.75) is 38.6 Å². The summed E-state index contributed by atoms with van der Waals surface area (Å²) in [6.45, 7) is 4.73. The molecule has 0 saturated heterocycles. The number of carbonyl (C=O) groups is 1. The molecule has 0 aromatic rings.